The number of nitrogens with zero attached hydrogens (tertiary/aromatic N) is 3. The van der Waals surface area contributed by atoms with Gasteiger partial charge in [-0.05, 0) is 40.3 Å². The number of alkyl halides is 3. The molecule has 0 unspecified atom stereocenters. The summed E-state index contributed by atoms with van der Waals surface area (Å²) in [6.45, 7) is -1.39. The highest BCUT2D eigenvalue weighted by atomic mass is 127. The zero-order chi connectivity index (χ0) is 13.8. The van der Waals surface area contributed by atoms with Crippen molar-refractivity contribution < 1.29 is 18.0 Å². The number of rotatable bonds is 3. The van der Waals surface area contributed by atoms with Gasteiger partial charge in [0.25, 0.3) is 5.91 Å². The average Bonchev–Trinajstić information content (AvgIpc) is 2.28. The van der Waals surface area contributed by atoms with Gasteiger partial charge in [-0.15, -0.1) is 0 Å². The molecule has 0 aliphatic heterocycles. The minimum atomic E-state index is -4.45. The number of carbonyl (C=O) groups excluding carboxylic acids is 1. The summed E-state index contributed by atoms with van der Waals surface area (Å²) >= 11 is 1.82. The van der Waals surface area contributed by atoms with Crippen LogP contribution in [0.1, 0.15) is 10.4 Å². The summed E-state index contributed by atoms with van der Waals surface area (Å²) in [7, 11) is 0. The Kier molecular flexibility index (Phi) is 4.79. The molecule has 1 rings (SSSR count). The molecule has 1 N–H and O–H groups in total. The van der Waals surface area contributed by atoms with Crippen LogP contribution in [-0.4, -0.2) is 18.6 Å². The lowest BCUT2D eigenvalue weighted by molar-refractivity contribution is -0.123. The van der Waals surface area contributed by atoms with Crippen molar-refractivity contribution in [1.29, 1.82) is 0 Å². The first-order chi connectivity index (χ1) is 8.33. The summed E-state index contributed by atoms with van der Waals surface area (Å²) in [6, 6.07) is 4.00. The third kappa shape index (κ3) is 4.41. The van der Waals surface area contributed by atoms with E-state index >= 15 is 0 Å². The summed E-state index contributed by atoms with van der Waals surface area (Å²) in [4.78, 5) is 14.0. The molecule has 1 aromatic carbocycles. The SMILES string of the molecule is [N-]=[N+]=Nc1ccc(C(=O)NCC(F)(F)F)cc1I. The highest BCUT2D eigenvalue weighted by molar-refractivity contribution is 14.1. The van der Waals surface area contributed by atoms with Crippen molar-refractivity contribution in [2.45, 2.75) is 6.18 Å². The van der Waals surface area contributed by atoms with Gasteiger partial charge in [0.15, 0.2) is 0 Å². The summed E-state index contributed by atoms with van der Waals surface area (Å²) in [5, 5.41) is 5.10. The maximum absolute atomic E-state index is 11.9. The standard InChI is InChI=1S/C9H6F3IN4O/c10-9(11,12)4-15-8(18)5-1-2-7(16-17-14)6(13)3-5/h1-3H,4H2,(H,15,18). The minimum absolute atomic E-state index is 0.0699. The third-order valence-electron chi connectivity index (χ3n) is 1.81. The first kappa shape index (κ1) is 14.6. The summed E-state index contributed by atoms with van der Waals surface area (Å²) < 4.78 is 36.2. The fourth-order valence-electron chi connectivity index (χ4n) is 1.06. The quantitative estimate of drug-likeness (QED) is 0.376. The Morgan fingerprint density at radius 2 is 2.17 bits per heavy atom. The van der Waals surface area contributed by atoms with Crippen LogP contribution in [0.2, 0.25) is 0 Å². The molecule has 1 aromatic rings. The van der Waals surface area contributed by atoms with Crippen LogP contribution >= 0.6 is 22.6 Å². The van der Waals surface area contributed by atoms with Crippen molar-refractivity contribution in [3.05, 3.63) is 37.8 Å². The van der Waals surface area contributed by atoms with E-state index in [9.17, 15) is 18.0 Å². The maximum Gasteiger partial charge on any atom is 0.405 e. The van der Waals surface area contributed by atoms with Gasteiger partial charge in [-0.2, -0.15) is 13.2 Å². The molecule has 0 aliphatic rings. The molecule has 0 aliphatic carbocycles. The van der Waals surface area contributed by atoms with Crippen molar-refractivity contribution in [1.82, 2.24) is 5.32 Å². The van der Waals surface area contributed by atoms with Crippen molar-refractivity contribution in [3.8, 4) is 0 Å². The second-order valence-electron chi connectivity index (χ2n) is 3.15. The highest BCUT2D eigenvalue weighted by Crippen LogP contribution is 2.22. The van der Waals surface area contributed by atoms with Gasteiger partial charge in [-0.1, -0.05) is 11.2 Å². The Balaban J connectivity index is 2.82. The Hall–Kier alpha value is -1.48. The first-order valence-corrected chi connectivity index (χ1v) is 5.61. The number of carbonyl (C=O) groups is 1. The number of hydrogen-bond acceptors (Lipinski definition) is 2. The molecule has 0 heterocycles. The van der Waals surface area contributed by atoms with E-state index in [1.54, 1.807) is 5.32 Å². The largest absolute Gasteiger partial charge is 0.405 e. The Bertz CT molecular complexity index is 511. The molecule has 0 radical (unpaired) electrons. The monoisotopic (exact) mass is 370 g/mol. The van der Waals surface area contributed by atoms with Crippen LogP contribution in [0, 0.1) is 3.57 Å². The molecule has 0 spiro atoms. The molecule has 5 nitrogen and oxygen atoms in total. The summed E-state index contributed by atoms with van der Waals surface area (Å²) in [5.74, 6) is -0.835. The molecule has 0 aromatic heterocycles. The lowest BCUT2D eigenvalue weighted by Gasteiger charge is -2.08. The molecular weight excluding hydrogens is 364 g/mol. The van der Waals surface area contributed by atoms with Crippen LogP contribution in [0.25, 0.3) is 10.4 Å². The van der Waals surface area contributed by atoms with Crippen LogP contribution in [0.15, 0.2) is 23.3 Å². The lowest BCUT2D eigenvalue weighted by atomic mass is 10.2. The Morgan fingerprint density at radius 1 is 1.50 bits per heavy atom. The van der Waals surface area contributed by atoms with E-state index in [1.165, 1.54) is 18.2 Å². The molecule has 18 heavy (non-hydrogen) atoms. The van der Waals surface area contributed by atoms with Crippen LogP contribution in [0.4, 0.5) is 18.9 Å². The Morgan fingerprint density at radius 3 is 2.67 bits per heavy atom. The summed E-state index contributed by atoms with van der Waals surface area (Å²) in [6.07, 6.45) is -4.45. The molecule has 96 valence electrons. The predicted octanol–water partition coefficient (Wildman–Crippen LogP) is 3.53. The second kappa shape index (κ2) is 5.91. The van der Waals surface area contributed by atoms with Gasteiger partial charge >= 0.3 is 6.18 Å². The van der Waals surface area contributed by atoms with Gasteiger partial charge in [0, 0.05) is 14.0 Å². The van der Waals surface area contributed by atoms with E-state index in [0.717, 1.165) is 0 Å². The number of benzene rings is 1. The molecule has 0 saturated heterocycles. The number of hydrogen-bond donors (Lipinski definition) is 1. The van der Waals surface area contributed by atoms with Crippen LogP contribution in [-0.2, 0) is 0 Å². The highest BCUT2D eigenvalue weighted by Gasteiger charge is 2.27. The van der Waals surface area contributed by atoms with E-state index in [2.05, 4.69) is 10.0 Å². The zero-order valence-electron chi connectivity index (χ0n) is 8.70. The van der Waals surface area contributed by atoms with Crippen molar-refractivity contribution in [3.63, 3.8) is 0 Å². The van der Waals surface area contributed by atoms with E-state index in [1.807, 2.05) is 22.6 Å². The lowest BCUT2D eigenvalue weighted by Crippen LogP contribution is -2.33. The van der Waals surface area contributed by atoms with Crippen LogP contribution < -0.4 is 5.32 Å². The normalized spacial score (nSPS) is 10.7. The maximum atomic E-state index is 11.9. The van der Waals surface area contributed by atoms with Gasteiger partial charge in [-0.3, -0.25) is 4.79 Å². The number of amides is 1. The predicted molar refractivity (Wildman–Crippen MR) is 66.4 cm³/mol. The van der Waals surface area contributed by atoms with Gasteiger partial charge in [0.05, 0.1) is 5.69 Å². The minimum Gasteiger partial charge on any atom is -0.343 e. The fraction of sp³-hybridized carbons (Fsp3) is 0.222. The second-order valence-corrected chi connectivity index (χ2v) is 4.32. The molecule has 0 fully saturated rings. The van der Waals surface area contributed by atoms with Crippen LogP contribution in [0.3, 0.4) is 0 Å². The Labute approximate surface area is 113 Å². The van der Waals surface area contributed by atoms with E-state index in [0.29, 0.717) is 9.26 Å². The van der Waals surface area contributed by atoms with Gasteiger partial charge in [-0.25, -0.2) is 0 Å². The first-order valence-electron chi connectivity index (χ1n) is 4.53. The summed E-state index contributed by atoms with van der Waals surface area (Å²) in [5.41, 5.74) is 8.63. The molecule has 1 amide bonds. The van der Waals surface area contributed by atoms with Crippen molar-refractivity contribution in [2.24, 2.45) is 5.11 Å². The number of nitrogens with one attached hydrogen (secondary N) is 1. The molecule has 0 atom stereocenters. The number of halogens is 4. The molecule has 9 heteroatoms. The smallest absolute Gasteiger partial charge is 0.343 e. The van der Waals surface area contributed by atoms with E-state index in [-0.39, 0.29) is 5.56 Å². The molecular formula is C9H6F3IN4O. The van der Waals surface area contributed by atoms with Gasteiger partial charge < -0.3 is 5.32 Å². The molecule has 0 bridgehead atoms. The number of azide groups is 1. The van der Waals surface area contributed by atoms with Crippen LogP contribution in [0.5, 0.6) is 0 Å². The molecule has 0 saturated carbocycles. The topological polar surface area (TPSA) is 77.9 Å². The van der Waals surface area contributed by atoms with Crippen molar-refractivity contribution >= 4 is 34.2 Å². The van der Waals surface area contributed by atoms with Gasteiger partial charge in [0.2, 0.25) is 0 Å². The van der Waals surface area contributed by atoms with Crippen molar-refractivity contribution in [2.75, 3.05) is 6.54 Å². The fourth-order valence-corrected chi connectivity index (χ4v) is 1.68. The van der Waals surface area contributed by atoms with E-state index in [4.69, 9.17) is 5.53 Å². The third-order valence-corrected chi connectivity index (χ3v) is 2.68. The van der Waals surface area contributed by atoms with E-state index < -0.39 is 18.6 Å². The average molecular weight is 370 g/mol. The van der Waals surface area contributed by atoms with Gasteiger partial charge in [0.1, 0.15) is 6.54 Å². The zero-order valence-corrected chi connectivity index (χ0v) is 10.9.